The van der Waals surface area contributed by atoms with Gasteiger partial charge in [0.25, 0.3) is 0 Å². The summed E-state index contributed by atoms with van der Waals surface area (Å²) in [6.07, 6.45) is 0. The molecule has 0 heterocycles. The fourth-order valence-corrected chi connectivity index (χ4v) is 3.67. The summed E-state index contributed by atoms with van der Waals surface area (Å²) in [5, 5.41) is 0. The van der Waals surface area contributed by atoms with E-state index >= 15 is 0 Å². The van der Waals surface area contributed by atoms with Gasteiger partial charge in [0.15, 0.2) is 0 Å². The third kappa shape index (κ3) is 3.41. The maximum absolute atomic E-state index is 13.2. The molecule has 0 bridgehead atoms. The van der Waals surface area contributed by atoms with Crippen LogP contribution in [0.2, 0.25) is 0 Å². The van der Waals surface area contributed by atoms with Gasteiger partial charge < -0.3 is 4.74 Å². The summed E-state index contributed by atoms with van der Waals surface area (Å²) >= 11 is 7.11. The van der Waals surface area contributed by atoms with Gasteiger partial charge in [-0.3, -0.25) is 0 Å². The lowest BCUT2D eigenvalue weighted by Gasteiger charge is -2.17. The Bertz CT molecular complexity index is 613. The minimum atomic E-state index is -0.255. The molecule has 0 fully saturated rings. The normalized spacial score (nSPS) is 12.2. The summed E-state index contributed by atoms with van der Waals surface area (Å²) < 4.78 is 19.6. The third-order valence-corrected chi connectivity index (χ3v) is 4.65. The molecule has 2 rings (SSSR count). The highest BCUT2D eigenvalue weighted by atomic mass is 79.9. The standard InChI is InChI=1S/C16H15Br2FO/c1-3-20-15-7-4-10(2)8-13(15)16(18)12-6-5-11(19)9-14(12)17/h4-9,16H,3H2,1-2H3. The minimum absolute atomic E-state index is 0.0566. The summed E-state index contributed by atoms with van der Waals surface area (Å²) in [6, 6.07) is 10.8. The molecule has 0 N–H and O–H groups in total. The summed E-state index contributed by atoms with van der Waals surface area (Å²) in [5.74, 6) is 0.589. The van der Waals surface area contributed by atoms with E-state index in [4.69, 9.17) is 4.74 Å². The van der Waals surface area contributed by atoms with E-state index in [0.717, 1.165) is 26.9 Å². The smallest absolute Gasteiger partial charge is 0.124 e. The summed E-state index contributed by atoms with van der Waals surface area (Å²) in [5.41, 5.74) is 3.17. The highest BCUT2D eigenvalue weighted by molar-refractivity contribution is 9.11. The van der Waals surface area contributed by atoms with Crippen molar-refractivity contribution >= 4 is 31.9 Å². The molecule has 2 aromatic carbocycles. The van der Waals surface area contributed by atoms with Gasteiger partial charge in [-0.05, 0) is 37.6 Å². The fourth-order valence-electron chi connectivity index (χ4n) is 2.03. The molecule has 1 nitrogen and oxygen atoms in total. The van der Waals surface area contributed by atoms with Gasteiger partial charge in [0.1, 0.15) is 11.6 Å². The Morgan fingerprint density at radius 2 is 1.90 bits per heavy atom. The predicted octanol–water partition coefficient (Wildman–Crippen LogP) is 5.78. The van der Waals surface area contributed by atoms with E-state index in [1.807, 2.05) is 26.0 Å². The highest BCUT2D eigenvalue weighted by Crippen LogP contribution is 2.40. The lowest BCUT2D eigenvalue weighted by atomic mass is 10.0. The molecule has 0 aliphatic carbocycles. The van der Waals surface area contributed by atoms with Gasteiger partial charge in [-0.25, -0.2) is 4.39 Å². The topological polar surface area (TPSA) is 9.23 Å². The van der Waals surface area contributed by atoms with Gasteiger partial charge in [0, 0.05) is 10.0 Å². The van der Waals surface area contributed by atoms with Crippen molar-refractivity contribution in [3.63, 3.8) is 0 Å². The van der Waals surface area contributed by atoms with Crippen LogP contribution in [0.5, 0.6) is 5.75 Å². The maximum Gasteiger partial charge on any atom is 0.124 e. The van der Waals surface area contributed by atoms with Crippen molar-refractivity contribution < 1.29 is 9.13 Å². The number of halogens is 3. The Morgan fingerprint density at radius 3 is 2.55 bits per heavy atom. The van der Waals surface area contributed by atoms with E-state index in [-0.39, 0.29) is 10.6 Å². The van der Waals surface area contributed by atoms with Gasteiger partial charge in [0.2, 0.25) is 0 Å². The lowest BCUT2D eigenvalue weighted by molar-refractivity contribution is 0.337. The van der Waals surface area contributed by atoms with E-state index in [0.29, 0.717) is 6.61 Å². The van der Waals surface area contributed by atoms with E-state index < -0.39 is 0 Å². The Morgan fingerprint density at radius 1 is 1.15 bits per heavy atom. The summed E-state index contributed by atoms with van der Waals surface area (Å²) in [6.45, 7) is 4.61. The Hall–Kier alpha value is -0.870. The van der Waals surface area contributed by atoms with Crippen molar-refractivity contribution in [3.8, 4) is 5.75 Å². The molecule has 0 aromatic heterocycles. The van der Waals surface area contributed by atoms with Gasteiger partial charge in [0.05, 0.1) is 11.4 Å². The number of alkyl halides is 1. The number of rotatable bonds is 4. The zero-order valence-electron chi connectivity index (χ0n) is 11.3. The number of hydrogen-bond donors (Lipinski definition) is 0. The first-order valence-electron chi connectivity index (χ1n) is 6.35. The first kappa shape index (κ1) is 15.5. The molecule has 1 unspecified atom stereocenters. The molecule has 0 amide bonds. The molecule has 0 saturated carbocycles. The van der Waals surface area contributed by atoms with Crippen LogP contribution in [0.3, 0.4) is 0 Å². The third-order valence-electron chi connectivity index (χ3n) is 2.97. The first-order valence-corrected chi connectivity index (χ1v) is 8.06. The van der Waals surface area contributed by atoms with Crippen LogP contribution >= 0.6 is 31.9 Å². The lowest BCUT2D eigenvalue weighted by Crippen LogP contribution is -2.01. The van der Waals surface area contributed by atoms with E-state index in [2.05, 4.69) is 37.9 Å². The average molecular weight is 402 g/mol. The summed E-state index contributed by atoms with van der Waals surface area (Å²) in [4.78, 5) is -0.0566. The van der Waals surface area contributed by atoms with Gasteiger partial charge in [-0.15, -0.1) is 0 Å². The second-order valence-electron chi connectivity index (χ2n) is 4.50. The number of benzene rings is 2. The van der Waals surface area contributed by atoms with Crippen molar-refractivity contribution in [1.29, 1.82) is 0 Å². The zero-order valence-corrected chi connectivity index (χ0v) is 14.5. The second kappa shape index (κ2) is 6.72. The molecule has 1 atom stereocenters. The van der Waals surface area contributed by atoms with Crippen LogP contribution in [-0.2, 0) is 0 Å². The predicted molar refractivity (Wildman–Crippen MR) is 87.2 cm³/mol. The van der Waals surface area contributed by atoms with Gasteiger partial charge >= 0.3 is 0 Å². The van der Waals surface area contributed by atoms with Crippen LogP contribution in [0.25, 0.3) is 0 Å². The summed E-state index contributed by atoms with van der Waals surface area (Å²) in [7, 11) is 0. The molecular formula is C16H15Br2FO. The maximum atomic E-state index is 13.2. The Balaban J connectivity index is 2.46. The number of aryl methyl sites for hydroxylation is 1. The van der Waals surface area contributed by atoms with Crippen LogP contribution in [-0.4, -0.2) is 6.61 Å². The molecule has 4 heteroatoms. The van der Waals surface area contributed by atoms with Crippen LogP contribution in [0.4, 0.5) is 4.39 Å². The molecule has 0 aliphatic heterocycles. The van der Waals surface area contributed by atoms with E-state index in [1.54, 1.807) is 6.07 Å². The molecule has 0 aliphatic rings. The fraction of sp³-hybridized carbons (Fsp3) is 0.250. The SMILES string of the molecule is CCOc1ccc(C)cc1C(Br)c1ccc(F)cc1Br. The van der Waals surface area contributed by atoms with E-state index in [9.17, 15) is 4.39 Å². The number of ether oxygens (including phenoxy) is 1. The number of hydrogen-bond acceptors (Lipinski definition) is 1. The van der Waals surface area contributed by atoms with Crippen molar-refractivity contribution in [3.05, 3.63) is 63.4 Å². The molecule has 0 radical (unpaired) electrons. The van der Waals surface area contributed by atoms with Gasteiger partial charge in [-0.1, -0.05) is 55.6 Å². The van der Waals surface area contributed by atoms with Crippen molar-refractivity contribution in [2.75, 3.05) is 6.61 Å². The van der Waals surface area contributed by atoms with Crippen LogP contribution in [0.1, 0.15) is 28.4 Å². The molecule has 2 aromatic rings. The monoisotopic (exact) mass is 400 g/mol. The van der Waals surface area contributed by atoms with Crippen molar-refractivity contribution in [2.24, 2.45) is 0 Å². The largest absolute Gasteiger partial charge is 0.494 e. The Labute approximate surface area is 135 Å². The van der Waals surface area contributed by atoms with Crippen LogP contribution < -0.4 is 4.74 Å². The molecule has 0 saturated heterocycles. The van der Waals surface area contributed by atoms with E-state index in [1.165, 1.54) is 12.1 Å². The minimum Gasteiger partial charge on any atom is -0.494 e. The van der Waals surface area contributed by atoms with Gasteiger partial charge in [-0.2, -0.15) is 0 Å². The highest BCUT2D eigenvalue weighted by Gasteiger charge is 2.18. The van der Waals surface area contributed by atoms with Crippen LogP contribution in [0.15, 0.2) is 40.9 Å². The zero-order chi connectivity index (χ0) is 14.7. The quantitative estimate of drug-likeness (QED) is 0.590. The molecule has 106 valence electrons. The second-order valence-corrected chi connectivity index (χ2v) is 6.27. The molecule has 0 spiro atoms. The Kier molecular flexibility index (Phi) is 5.22. The average Bonchev–Trinajstić information content (AvgIpc) is 2.40. The molecule has 20 heavy (non-hydrogen) atoms. The van der Waals surface area contributed by atoms with Crippen molar-refractivity contribution in [2.45, 2.75) is 18.7 Å². The van der Waals surface area contributed by atoms with Crippen molar-refractivity contribution in [1.82, 2.24) is 0 Å². The molecular weight excluding hydrogens is 387 g/mol. The first-order chi connectivity index (χ1) is 9.52. The van der Waals surface area contributed by atoms with Crippen LogP contribution in [0, 0.1) is 12.7 Å².